The number of phenolic OH excluding ortho intramolecular Hbond substituents is 3. The van der Waals surface area contributed by atoms with E-state index in [9.17, 15) is 20.1 Å². The van der Waals surface area contributed by atoms with Crippen molar-refractivity contribution in [3.05, 3.63) is 53.1 Å². The van der Waals surface area contributed by atoms with E-state index < -0.39 is 0 Å². The predicted molar refractivity (Wildman–Crippen MR) is 114 cm³/mol. The third kappa shape index (κ3) is 3.40. The zero-order chi connectivity index (χ0) is 20.9. The lowest BCUT2D eigenvalue weighted by atomic mass is 9.48. The van der Waals surface area contributed by atoms with E-state index in [1.165, 1.54) is 31.4 Å². The zero-order valence-electron chi connectivity index (χ0n) is 17.1. The summed E-state index contributed by atoms with van der Waals surface area (Å²) in [5.41, 5.74) is 2.44. The lowest BCUT2D eigenvalue weighted by molar-refractivity contribution is -0.00615. The van der Waals surface area contributed by atoms with Crippen molar-refractivity contribution in [2.75, 3.05) is 6.54 Å². The summed E-state index contributed by atoms with van der Waals surface area (Å²) in [6.07, 6.45) is 8.00. The molecule has 2 aromatic carbocycles. The van der Waals surface area contributed by atoms with Gasteiger partial charge in [0.1, 0.15) is 5.75 Å². The molecule has 4 aliphatic carbocycles. The van der Waals surface area contributed by atoms with Crippen LogP contribution in [0.5, 0.6) is 17.2 Å². The summed E-state index contributed by atoms with van der Waals surface area (Å²) < 4.78 is 0. The van der Waals surface area contributed by atoms with Crippen LogP contribution in [0.1, 0.15) is 60.0 Å². The minimum absolute atomic E-state index is 0.0404. The number of hydrogen-bond acceptors (Lipinski definition) is 4. The van der Waals surface area contributed by atoms with Crippen LogP contribution < -0.4 is 5.32 Å². The van der Waals surface area contributed by atoms with Crippen molar-refractivity contribution in [1.29, 1.82) is 0 Å². The van der Waals surface area contributed by atoms with Gasteiger partial charge in [-0.05, 0) is 104 Å². The average Bonchev–Trinajstić information content (AvgIpc) is 2.70. The Morgan fingerprint density at radius 2 is 1.50 bits per heavy atom. The van der Waals surface area contributed by atoms with Crippen molar-refractivity contribution in [1.82, 2.24) is 5.32 Å². The Morgan fingerprint density at radius 1 is 0.867 bits per heavy atom. The first-order valence-electron chi connectivity index (χ1n) is 11.0. The van der Waals surface area contributed by atoms with Gasteiger partial charge in [-0.1, -0.05) is 6.07 Å². The average molecular weight is 408 g/mol. The highest BCUT2D eigenvalue weighted by Crippen LogP contribution is 2.61. The van der Waals surface area contributed by atoms with Crippen LogP contribution in [-0.4, -0.2) is 27.8 Å². The van der Waals surface area contributed by atoms with Gasteiger partial charge in [0.2, 0.25) is 0 Å². The van der Waals surface area contributed by atoms with E-state index in [-0.39, 0.29) is 22.8 Å². The molecule has 0 spiro atoms. The first-order chi connectivity index (χ1) is 14.4. The van der Waals surface area contributed by atoms with E-state index in [0.29, 0.717) is 24.3 Å². The van der Waals surface area contributed by atoms with Crippen molar-refractivity contribution in [2.45, 2.75) is 50.4 Å². The van der Waals surface area contributed by atoms with Crippen molar-refractivity contribution in [2.24, 2.45) is 17.8 Å². The van der Waals surface area contributed by atoms with Gasteiger partial charge in [0.05, 0.1) is 0 Å². The lowest BCUT2D eigenvalue weighted by Crippen LogP contribution is -2.48. The van der Waals surface area contributed by atoms with Crippen LogP contribution in [0.25, 0.3) is 0 Å². The summed E-state index contributed by atoms with van der Waals surface area (Å²) in [5.74, 6) is 2.19. The standard InChI is InChI=1S/C25H29NO4/c27-21-4-2-19(24(30)26-6-5-15-1-3-22(28)23(29)10-15)11-20(21)25-12-16-7-17(13-25)9-18(8-16)14-25/h1-4,10-11,16-18,27-29H,5-9,12-14H2,(H,26,30). The number of rotatable bonds is 5. The minimum Gasteiger partial charge on any atom is -0.508 e. The van der Waals surface area contributed by atoms with E-state index in [1.54, 1.807) is 18.2 Å². The molecule has 6 rings (SSSR count). The molecular weight excluding hydrogens is 378 g/mol. The third-order valence-corrected chi connectivity index (χ3v) is 7.61. The van der Waals surface area contributed by atoms with Crippen LogP contribution >= 0.6 is 0 Å². The predicted octanol–water partition coefficient (Wildman–Crippen LogP) is 4.24. The van der Waals surface area contributed by atoms with Gasteiger partial charge in [-0.15, -0.1) is 0 Å². The summed E-state index contributed by atoms with van der Waals surface area (Å²) >= 11 is 0. The molecule has 0 aromatic heterocycles. The maximum Gasteiger partial charge on any atom is 0.251 e. The molecular formula is C25H29NO4. The van der Waals surface area contributed by atoms with Gasteiger partial charge in [-0.2, -0.15) is 0 Å². The Hall–Kier alpha value is -2.69. The number of nitrogens with one attached hydrogen (secondary N) is 1. The van der Waals surface area contributed by atoms with E-state index in [4.69, 9.17) is 0 Å². The Balaban J connectivity index is 1.30. The molecule has 30 heavy (non-hydrogen) atoms. The zero-order valence-corrected chi connectivity index (χ0v) is 17.1. The molecule has 2 aromatic rings. The minimum atomic E-state index is -0.155. The molecule has 0 radical (unpaired) electrons. The number of carbonyl (C=O) groups is 1. The number of benzene rings is 2. The molecule has 4 saturated carbocycles. The summed E-state index contributed by atoms with van der Waals surface area (Å²) in [6.45, 7) is 0.427. The summed E-state index contributed by atoms with van der Waals surface area (Å²) in [7, 11) is 0. The van der Waals surface area contributed by atoms with Gasteiger partial charge >= 0.3 is 0 Å². The first kappa shape index (κ1) is 19.3. The molecule has 4 fully saturated rings. The second-order valence-corrected chi connectivity index (χ2v) is 9.76. The van der Waals surface area contributed by atoms with Gasteiger partial charge in [-0.3, -0.25) is 4.79 Å². The van der Waals surface area contributed by atoms with Gasteiger partial charge in [-0.25, -0.2) is 0 Å². The second kappa shape index (κ2) is 7.22. The van der Waals surface area contributed by atoms with Crippen LogP contribution in [0.2, 0.25) is 0 Å². The molecule has 0 aliphatic heterocycles. The van der Waals surface area contributed by atoms with Crippen LogP contribution in [0.4, 0.5) is 0 Å². The van der Waals surface area contributed by atoms with Crippen molar-refractivity contribution in [3.63, 3.8) is 0 Å². The monoisotopic (exact) mass is 407 g/mol. The van der Waals surface area contributed by atoms with Gasteiger partial charge in [0, 0.05) is 17.7 Å². The maximum absolute atomic E-state index is 12.8. The fourth-order valence-corrected chi connectivity index (χ4v) is 6.69. The Labute approximate surface area is 176 Å². The molecule has 4 bridgehead atoms. The molecule has 4 aliphatic rings. The molecule has 5 heteroatoms. The number of carbonyl (C=O) groups excluding carboxylic acids is 1. The summed E-state index contributed by atoms with van der Waals surface area (Å²) in [6, 6.07) is 9.98. The summed E-state index contributed by atoms with van der Waals surface area (Å²) in [5, 5.41) is 32.6. The topological polar surface area (TPSA) is 89.8 Å². The van der Waals surface area contributed by atoms with E-state index in [1.807, 2.05) is 6.07 Å². The quantitative estimate of drug-likeness (QED) is 0.558. The number of amides is 1. The van der Waals surface area contributed by atoms with Crippen LogP contribution in [-0.2, 0) is 11.8 Å². The van der Waals surface area contributed by atoms with Crippen molar-refractivity contribution in [3.8, 4) is 17.2 Å². The van der Waals surface area contributed by atoms with Gasteiger partial charge in [0.25, 0.3) is 5.91 Å². The number of hydrogen-bond donors (Lipinski definition) is 4. The molecule has 158 valence electrons. The second-order valence-electron chi connectivity index (χ2n) is 9.76. The molecule has 5 nitrogen and oxygen atoms in total. The molecule has 1 amide bonds. The number of aromatic hydroxyl groups is 3. The molecule has 0 atom stereocenters. The van der Waals surface area contributed by atoms with Crippen LogP contribution in [0, 0.1) is 17.8 Å². The molecule has 0 saturated heterocycles. The van der Waals surface area contributed by atoms with Gasteiger partial charge < -0.3 is 20.6 Å². The van der Waals surface area contributed by atoms with Crippen LogP contribution in [0.3, 0.4) is 0 Å². The highest BCUT2D eigenvalue weighted by molar-refractivity contribution is 5.94. The smallest absolute Gasteiger partial charge is 0.251 e. The molecule has 0 unspecified atom stereocenters. The highest BCUT2D eigenvalue weighted by atomic mass is 16.3. The molecule has 4 N–H and O–H groups in total. The summed E-state index contributed by atoms with van der Waals surface area (Å²) in [4.78, 5) is 12.8. The largest absolute Gasteiger partial charge is 0.508 e. The first-order valence-corrected chi connectivity index (χ1v) is 11.0. The van der Waals surface area contributed by atoms with Crippen molar-refractivity contribution < 1.29 is 20.1 Å². The maximum atomic E-state index is 12.8. The highest BCUT2D eigenvalue weighted by Gasteiger charge is 2.52. The number of phenols is 3. The fourth-order valence-electron chi connectivity index (χ4n) is 6.69. The Kier molecular flexibility index (Phi) is 4.64. The van der Waals surface area contributed by atoms with E-state index in [2.05, 4.69) is 5.32 Å². The Bertz CT molecular complexity index is 948. The van der Waals surface area contributed by atoms with E-state index >= 15 is 0 Å². The normalized spacial score (nSPS) is 29.1. The molecule has 0 heterocycles. The van der Waals surface area contributed by atoms with Gasteiger partial charge in [0.15, 0.2) is 11.5 Å². The Morgan fingerprint density at radius 3 is 2.13 bits per heavy atom. The third-order valence-electron chi connectivity index (χ3n) is 7.61. The van der Waals surface area contributed by atoms with E-state index in [0.717, 1.165) is 48.1 Å². The fraction of sp³-hybridized carbons (Fsp3) is 0.480. The van der Waals surface area contributed by atoms with Crippen LogP contribution in [0.15, 0.2) is 36.4 Å². The lowest BCUT2D eigenvalue weighted by Gasteiger charge is -2.57. The van der Waals surface area contributed by atoms with Crippen molar-refractivity contribution >= 4 is 5.91 Å². The SMILES string of the molecule is O=C(NCCc1ccc(O)c(O)c1)c1ccc(O)c(C23CC4CC(CC(C4)C2)C3)c1.